The minimum atomic E-state index is -0.548. The van der Waals surface area contributed by atoms with Gasteiger partial charge in [0.25, 0.3) is 5.56 Å². The van der Waals surface area contributed by atoms with Crippen molar-refractivity contribution in [3.63, 3.8) is 0 Å². The summed E-state index contributed by atoms with van der Waals surface area (Å²) in [4.78, 5) is 18.7. The molecule has 7 heteroatoms. The summed E-state index contributed by atoms with van der Waals surface area (Å²) in [6.07, 6.45) is 0. The van der Waals surface area contributed by atoms with Crippen molar-refractivity contribution in [1.29, 1.82) is 0 Å². The zero-order valence-electron chi connectivity index (χ0n) is 11.0. The molecule has 0 aliphatic carbocycles. The highest BCUT2D eigenvalue weighted by molar-refractivity contribution is 7.17. The number of H-pyrrole nitrogens is 1. The van der Waals surface area contributed by atoms with E-state index < -0.39 is 11.6 Å². The largest absolute Gasteiger partial charge is 0.375 e. The Labute approximate surface area is 122 Å². The number of hydrogen-bond acceptors (Lipinski definition) is 4. The summed E-state index contributed by atoms with van der Waals surface area (Å²) in [6, 6.07) is 3.95. The Bertz CT molecular complexity index is 872. The van der Waals surface area contributed by atoms with E-state index in [2.05, 4.69) is 15.3 Å². The van der Waals surface area contributed by atoms with Gasteiger partial charge in [-0.05, 0) is 30.0 Å². The zero-order valence-corrected chi connectivity index (χ0v) is 11.9. The van der Waals surface area contributed by atoms with Crippen LogP contribution in [0.25, 0.3) is 10.2 Å². The van der Waals surface area contributed by atoms with Crippen molar-refractivity contribution >= 4 is 27.2 Å². The Morgan fingerprint density at radius 2 is 2.14 bits per heavy atom. The van der Waals surface area contributed by atoms with Gasteiger partial charge >= 0.3 is 0 Å². The normalized spacial score (nSPS) is 11.0. The third-order valence-corrected chi connectivity index (χ3v) is 3.96. The van der Waals surface area contributed by atoms with E-state index in [1.54, 1.807) is 11.4 Å². The summed E-state index contributed by atoms with van der Waals surface area (Å²) in [6.45, 7) is 1.59. The Morgan fingerprint density at radius 1 is 1.33 bits per heavy atom. The lowest BCUT2D eigenvalue weighted by Gasteiger charge is -2.08. The van der Waals surface area contributed by atoms with Crippen molar-refractivity contribution < 1.29 is 8.78 Å². The maximum atomic E-state index is 13.7. The van der Waals surface area contributed by atoms with Gasteiger partial charge in [-0.15, -0.1) is 11.3 Å². The van der Waals surface area contributed by atoms with Gasteiger partial charge in [-0.1, -0.05) is 0 Å². The van der Waals surface area contributed by atoms with E-state index in [4.69, 9.17) is 0 Å². The Kier molecular flexibility index (Phi) is 3.42. The van der Waals surface area contributed by atoms with Crippen LogP contribution in [0.5, 0.6) is 0 Å². The molecule has 0 bridgehead atoms. The molecule has 3 aromatic rings. The molecule has 0 saturated heterocycles. The molecule has 2 heterocycles. The molecule has 0 spiro atoms. The summed E-state index contributed by atoms with van der Waals surface area (Å²) >= 11 is 1.31. The highest BCUT2D eigenvalue weighted by atomic mass is 32.1. The predicted octanol–water partition coefficient (Wildman–Crippen LogP) is 3.18. The zero-order chi connectivity index (χ0) is 15.0. The number of nitrogens with zero attached hydrogens (tertiary/aromatic N) is 1. The van der Waals surface area contributed by atoms with Gasteiger partial charge in [-0.2, -0.15) is 0 Å². The summed E-state index contributed by atoms with van der Waals surface area (Å²) in [7, 11) is 0. The molecule has 0 saturated carbocycles. The van der Waals surface area contributed by atoms with Crippen molar-refractivity contribution in [2.24, 2.45) is 0 Å². The lowest BCUT2D eigenvalue weighted by atomic mass is 10.2. The third kappa shape index (κ3) is 2.64. The van der Waals surface area contributed by atoms with Crippen molar-refractivity contribution in [2.75, 3.05) is 5.32 Å². The SMILES string of the molecule is Cc1cc(F)c(NCc2nc3ccsc3c(=O)[nH]2)cc1F. The number of nitrogens with one attached hydrogen (secondary N) is 2. The lowest BCUT2D eigenvalue weighted by Crippen LogP contribution is -2.13. The van der Waals surface area contributed by atoms with Crippen LogP contribution >= 0.6 is 11.3 Å². The molecule has 108 valence electrons. The van der Waals surface area contributed by atoms with Crippen LogP contribution < -0.4 is 10.9 Å². The van der Waals surface area contributed by atoms with Gasteiger partial charge in [0, 0.05) is 6.07 Å². The number of thiophene rings is 1. The van der Waals surface area contributed by atoms with Crippen LogP contribution in [0.2, 0.25) is 0 Å². The van der Waals surface area contributed by atoms with Gasteiger partial charge in [-0.25, -0.2) is 13.8 Å². The van der Waals surface area contributed by atoms with Crippen molar-refractivity contribution in [2.45, 2.75) is 13.5 Å². The summed E-state index contributed by atoms with van der Waals surface area (Å²) in [5.41, 5.74) is 0.633. The minimum Gasteiger partial charge on any atom is -0.375 e. The lowest BCUT2D eigenvalue weighted by molar-refractivity contribution is 0.594. The molecule has 2 aromatic heterocycles. The Morgan fingerprint density at radius 3 is 2.95 bits per heavy atom. The van der Waals surface area contributed by atoms with Crippen LogP contribution in [0.15, 0.2) is 28.4 Å². The highest BCUT2D eigenvalue weighted by Crippen LogP contribution is 2.19. The fourth-order valence-electron chi connectivity index (χ4n) is 1.97. The van der Waals surface area contributed by atoms with E-state index in [0.717, 1.165) is 12.1 Å². The summed E-state index contributed by atoms with van der Waals surface area (Å²) < 4.78 is 27.7. The van der Waals surface area contributed by atoms with Crippen LogP contribution in [0.3, 0.4) is 0 Å². The van der Waals surface area contributed by atoms with Gasteiger partial charge in [0.2, 0.25) is 0 Å². The molecule has 0 amide bonds. The maximum Gasteiger partial charge on any atom is 0.268 e. The second-order valence-corrected chi connectivity index (χ2v) is 5.50. The topological polar surface area (TPSA) is 57.8 Å². The number of anilines is 1. The average Bonchev–Trinajstić information content (AvgIpc) is 2.90. The van der Waals surface area contributed by atoms with Crippen molar-refractivity contribution in [1.82, 2.24) is 9.97 Å². The Hall–Kier alpha value is -2.28. The van der Waals surface area contributed by atoms with Gasteiger partial charge < -0.3 is 10.3 Å². The number of halogens is 2. The van der Waals surface area contributed by atoms with E-state index in [1.807, 2.05) is 0 Å². The summed E-state index contributed by atoms with van der Waals surface area (Å²) in [5, 5.41) is 4.51. The number of aromatic amines is 1. The van der Waals surface area contributed by atoms with Crippen LogP contribution in [-0.2, 0) is 6.54 Å². The van der Waals surface area contributed by atoms with Gasteiger partial charge in [0.1, 0.15) is 22.2 Å². The molecule has 2 N–H and O–H groups in total. The standard InChI is InChI=1S/C14H11F2N3OS/c1-7-4-9(16)11(5-8(7)15)17-6-12-18-10-2-3-21-13(10)14(20)19-12/h2-5,17H,6H2,1H3,(H,18,19,20). The van der Waals surface area contributed by atoms with Gasteiger partial charge in [0.15, 0.2) is 0 Å². The Balaban J connectivity index is 1.86. The first-order valence-electron chi connectivity index (χ1n) is 6.20. The maximum absolute atomic E-state index is 13.7. The molecular formula is C14H11F2N3OS. The van der Waals surface area contributed by atoms with Crippen LogP contribution in [0.4, 0.5) is 14.5 Å². The quantitative estimate of drug-likeness (QED) is 0.781. The molecular weight excluding hydrogens is 296 g/mol. The highest BCUT2D eigenvalue weighted by Gasteiger charge is 2.09. The predicted molar refractivity (Wildman–Crippen MR) is 78.7 cm³/mol. The number of fused-ring (bicyclic) bond motifs is 1. The van der Waals surface area contributed by atoms with Crippen LogP contribution in [0, 0.1) is 18.6 Å². The second kappa shape index (κ2) is 5.25. The smallest absolute Gasteiger partial charge is 0.268 e. The third-order valence-electron chi connectivity index (χ3n) is 3.06. The van der Waals surface area contributed by atoms with Gasteiger partial charge in [-0.3, -0.25) is 4.79 Å². The van der Waals surface area contributed by atoms with E-state index in [-0.39, 0.29) is 23.4 Å². The molecule has 21 heavy (non-hydrogen) atoms. The molecule has 1 aromatic carbocycles. The number of hydrogen-bond donors (Lipinski definition) is 2. The molecule has 0 radical (unpaired) electrons. The van der Waals surface area contributed by atoms with Crippen molar-refractivity contribution in [3.05, 3.63) is 57.0 Å². The van der Waals surface area contributed by atoms with Crippen LogP contribution in [0.1, 0.15) is 11.4 Å². The number of rotatable bonds is 3. The fraction of sp³-hybridized carbons (Fsp3) is 0.143. The molecule has 3 rings (SSSR count). The van der Waals surface area contributed by atoms with E-state index in [1.165, 1.54) is 18.3 Å². The first kappa shape index (κ1) is 13.7. The van der Waals surface area contributed by atoms with E-state index >= 15 is 0 Å². The number of aryl methyl sites for hydroxylation is 1. The second-order valence-electron chi connectivity index (χ2n) is 4.58. The molecule has 0 fully saturated rings. The van der Waals surface area contributed by atoms with E-state index in [0.29, 0.717) is 16.0 Å². The first-order chi connectivity index (χ1) is 10.0. The molecule has 0 aliphatic rings. The van der Waals surface area contributed by atoms with Crippen molar-refractivity contribution in [3.8, 4) is 0 Å². The van der Waals surface area contributed by atoms with E-state index in [9.17, 15) is 13.6 Å². The van der Waals surface area contributed by atoms with Gasteiger partial charge in [0.05, 0.1) is 17.7 Å². The molecule has 0 atom stereocenters. The molecule has 0 unspecified atom stereocenters. The fourth-order valence-corrected chi connectivity index (χ4v) is 2.69. The molecule has 0 aliphatic heterocycles. The monoisotopic (exact) mass is 307 g/mol. The summed E-state index contributed by atoms with van der Waals surface area (Å²) in [5.74, 6) is -0.673. The minimum absolute atomic E-state index is 0.0335. The van der Waals surface area contributed by atoms with Crippen LogP contribution in [-0.4, -0.2) is 9.97 Å². The number of aromatic nitrogens is 2. The molecule has 4 nitrogen and oxygen atoms in total. The average molecular weight is 307 g/mol. The number of benzene rings is 1. The first-order valence-corrected chi connectivity index (χ1v) is 7.08.